The van der Waals surface area contributed by atoms with Gasteiger partial charge in [0.1, 0.15) is 6.54 Å². The third kappa shape index (κ3) is 4.36. The van der Waals surface area contributed by atoms with E-state index in [9.17, 15) is 9.59 Å². The first kappa shape index (κ1) is 15.9. The molecule has 4 nitrogen and oxygen atoms in total. The van der Waals surface area contributed by atoms with Gasteiger partial charge in [-0.1, -0.05) is 27.7 Å². The number of rotatable bonds is 7. The zero-order valence-electron chi connectivity index (χ0n) is 11.6. The summed E-state index contributed by atoms with van der Waals surface area (Å²) < 4.78 is 0. The van der Waals surface area contributed by atoms with Gasteiger partial charge in [-0.05, 0) is 25.2 Å². The summed E-state index contributed by atoms with van der Waals surface area (Å²) in [6.45, 7) is 7.95. The summed E-state index contributed by atoms with van der Waals surface area (Å²) in [6, 6.07) is 0. The van der Waals surface area contributed by atoms with Crippen LogP contribution in [0.1, 0.15) is 47.0 Å². The molecule has 100 valence electrons. The Hall–Kier alpha value is -1.06. The number of likely N-dealkylation sites (N-methyl/N-ethyl adjacent to an activating group) is 1. The first-order chi connectivity index (χ1) is 7.79. The molecule has 0 aliphatic rings. The second-order valence-corrected chi connectivity index (χ2v) is 5.14. The molecule has 0 aliphatic carbocycles. The molecule has 0 aromatic carbocycles. The molecule has 0 unspecified atom stereocenters. The molecule has 1 N–H and O–H groups in total. The van der Waals surface area contributed by atoms with E-state index in [1.807, 2.05) is 13.8 Å². The normalized spacial score (nSPS) is 11.6. The summed E-state index contributed by atoms with van der Waals surface area (Å²) in [5, 5.41) is 8.73. The van der Waals surface area contributed by atoms with Crippen molar-refractivity contribution in [1.29, 1.82) is 0 Å². The Bertz CT molecular complexity index is 270. The summed E-state index contributed by atoms with van der Waals surface area (Å²) in [5.74, 6) is -0.581. The topological polar surface area (TPSA) is 57.6 Å². The number of carbonyl (C=O) groups is 2. The molecule has 0 aromatic rings. The molecule has 0 bridgehead atoms. The third-order valence-corrected chi connectivity index (χ3v) is 3.33. The first-order valence-corrected chi connectivity index (χ1v) is 6.26. The summed E-state index contributed by atoms with van der Waals surface area (Å²) in [7, 11) is 1.57. The zero-order valence-corrected chi connectivity index (χ0v) is 11.6. The van der Waals surface area contributed by atoms with E-state index in [0.29, 0.717) is 5.92 Å². The second kappa shape index (κ2) is 6.62. The van der Waals surface area contributed by atoms with Crippen LogP contribution in [0.15, 0.2) is 0 Å². The van der Waals surface area contributed by atoms with Crippen LogP contribution in [0.5, 0.6) is 0 Å². The minimum atomic E-state index is -0.966. The molecular weight excluding hydrogens is 218 g/mol. The van der Waals surface area contributed by atoms with Crippen molar-refractivity contribution in [2.45, 2.75) is 47.0 Å². The van der Waals surface area contributed by atoms with Crippen LogP contribution in [-0.2, 0) is 9.59 Å². The predicted molar refractivity (Wildman–Crippen MR) is 67.7 cm³/mol. The lowest BCUT2D eigenvalue weighted by molar-refractivity contribution is -0.149. The van der Waals surface area contributed by atoms with Crippen LogP contribution in [-0.4, -0.2) is 35.5 Å². The highest BCUT2D eigenvalue weighted by molar-refractivity contribution is 5.85. The van der Waals surface area contributed by atoms with Gasteiger partial charge in [0.2, 0.25) is 5.91 Å². The Labute approximate surface area is 104 Å². The summed E-state index contributed by atoms with van der Waals surface area (Å²) in [4.78, 5) is 24.3. The minimum Gasteiger partial charge on any atom is -0.480 e. The average molecular weight is 243 g/mol. The van der Waals surface area contributed by atoms with Gasteiger partial charge in [-0.3, -0.25) is 9.59 Å². The van der Waals surface area contributed by atoms with Crippen molar-refractivity contribution < 1.29 is 14.7 Å². The molecule has 0 rings (SSSR count). The smallest absolute Gasteiger partial charge is 0.323 e. The number of aliphatic carboxylic acids is 1. The fourth-order valence-corrected chi connectivity index (χ4v) is 2.39. The van der Waals surface area contributed by atoms with Crippen LogP contribution in [0, 0.1) is 11.3 Å². The molecule has 0 fully saturated rings. The van der Waals surface area contributed by atoms with Gasteiger partial charge < -0.3 is 10.0 Å². The van der Waals surface area contributed by atoms with Crippen LogP contribution < -0.4 is 0 Å². The standard InChI is InChI=1S/C13H25NO3/c1-6-13(7-2,8-10(3)4)12(17)14(5)9-11(15)16/h10H,6-9H2,1-5H3,(H,15,16). The number of hydrogen-bond acceptors (Lipinski definition) is 2. The van der Waals surface area contributed by atoms with Crippen molar-refractivity contribution in [3.05, 3.63) is 0 Å². The molecule has 0 aliphatic heterocycles. The lowest BCUT2D eigenvalue weighted by atomic mass is 9.74. The average Bonchev–Trinajstić information content (AvgIpc) is 2.23. The quantitative estimate of drug-likeness (QED) is 0.747. The van der Waals surface area contributed by atoms with Crippen molar-refractivity contribution >= 4 is 11.9 Å². The molecule has 17 heavy (non-hydrogen) atoms. The van der Waals surface area contributed by atoms with E-state index in [-0.39, 0.29) is 12.5 Å². The number of carboxylic acid groups (broad SMARTS) is 1. The summed E-state index contributed by atoms with van der Waals surface area (Å²) in [6.07, 6.45) is 2.32. The van der Waals surface area contributed by atoms with Crippen molar-refractivity contribution in [2.24, 2.45) is 11.3 Å². The fraction of sp³-hybridized carbons (Fsp3) is 0.846. The number of carboxylic acids is 1. The molecule has 0 radical (unpaired) electrons. The Morgan fingerprint density at radius 3 is 2.00 bits per heavy atom. The van der Waals surface area contributed by atoms with E-state index in [2.05, 4.69) is 13.8 Å². The van der Waals surface area contributed by atoms with Crippen molar-refractivity contribution in [1.82, 2.24) is 4.90 Å². The highest BCUT2D eigenvalue weighted by Gasteiger charge is 2.37. The van der Waals surface area contributed by atoms with Gasteiger partial charge in [-0.25, -0.2) is 0 Å². The van der Waals surface area contributed by atoms with E-state index in [4.69, 9.17) is 5.11 Å². The van der Waals surface area contributed by atoms with E-state index in [1.165, 1.54) is 4.90 Å². The van der Waals surface area contributed by atoms with E-state index >= 15 is 0 Å². The SMILES string of the molecule is CCC(CC)(CC(C)C)C(=O)N(C)CC(=O)O. The second-order valence-electron chi connectivity index (χ2n) is 5.14. The van der Waals surface area contributed by atoms with Crippen LogP contribution in [0.4, 0.5) is 0 Å². The van der Waals surface area contributed by atoms with E-state index in [1.54, 1.807) is 7.05 Å². The van der Waals surface area contributed by atoms with Crippen LogP contribution in [0.25, 0.3) is 0 Å². The number of amides is 1. The Morgan fingerprint density at radius 1 is 1.24 bits per heavy atom. The maximum atomic E-state index is 12.4. The van der Waals surface area contributed by atoms with Gasteiger partial charge >= 0.3 is 5.97 Å². The third-order valence-electron chi connectivity index (χ3n) is 3.33. The summed E-state index contributed by atoms with van der Waals surface area (Å²) in [5.41, 5.74) is -0.404. The molecule has 0 saturated heterocycles. The fourth-order valence-electron chi connectivity index (χ4n) is 2.39. The molecule has 4 heteroatoms. The van der Waals surface area contributed by atoms with Gasteiger partial charge in [-0.15, -0.1) is 0 Å². The number of carbonyl (C=O) groups excluding carboxylic acids is 1. The largest absolute Gasteiger partial charge is 0.480 e. The van der Waals surface area contributed by atoms with Gasteiger partial charge in [0, 0.05) is 12.5 Å². The molecule has 0 atom stereocenters. The van der Waals surface area contributed by atoms with Gasteiger partial charge in [0.25, 0.3) is 0 Å². The number of hydrogen-bond donors (Lipinski definition) is 1. The molecule has 0 spiro atoms. The minimum absolute atomic E-state index is 0.0430. The van der Waals surface area contributed by atoms with Gasteiger partial charge in [0.15, 0.2) is 0 Å². The van der Waals surface area contributed by atoms with Crippen molar-refractivity contribution in [3.8, 4) is 0 Å². The van der Waals surface area contributed by atoms with E-state index in [0.717, 1.165) is 19.3 Å². The monoisotopic (exact) mass is 243 g/mol. The summed E-state index contributed by atoms with van der Waals surface area (Å²) >= 11 is 0. The van der Waals surface area contributed by atoms with Gasteiger partial charge in [0.05, 0.1) is 0 Å². The van der Waals surface area contributed by atoms with Gasteiger partial charge in [-0.2, -0.15) is 0 Å². The molecule has 0 aromatic heterocycles. The van der Waals surface area contributed by atoms with Crippen LogP contribution >= 0.6 is 0 Å². The number of nitrogens with zero attached hydrogens (tertiary/aromatic N) is 1. The molecule has 0 saturated carbocycles. The van der Waals surface area contributed by atoms with Crippen LogP contribution in [0.2, 0.25) is 0 Å². The Kier molecular flexibility index (Phi) is 6.21. The molecular formula is C13H25NO3. The van der Waals surface area contributed by atoms with Crippen molar-refractivity contribution in [3.63, 3.8) is 0 Å². The molecule has 0 heterocycles. The highest BCUT2D eigenvalue weighted by atomic mass is 16.4. The predicted octanol–water partition coefficient (Wildman–Crippen LogP) is 2.38. The lowest BCUT2D eigenvalue weighted by Gasteiger charge is -2.35. The highest BCUT2D eigenvalue weighted by Crippen LogP contribution is 2.35. The maximum Gasteiger partial charge on any atom is 0.323 e. The zero-order chi connectivity index (χ0) is 13.6. The lowest BCUT2D eigenvalue weighted by Crippen LogP contribution is -2.44. The van der Waals surface area contributed by atoms with Crippen molar-refractivity contribution in [2.75, 3.05) is 13.6 Å². The van der Waals surface area contributed by atoms with Crippen LogP contribution in [0.3, 0.4) is 0 Å². The maximum absolute atomic E-state index is 12.4. The van der Waals surface area contributed by atoms with E-state index < -0.39 is 11.4 Å². The Morgan fingerprint density at radius 2 is 1.71 bits per heavy atom. The Balaban J connectivity index is 4.91. The molecule has 1 amide bonds. The first-order valence-electron chi connectivity index (χ1n) is 6.26.